The Balaban J connectivity index is 0.773. The van der Waals surface area contributed by atoms with E-state index in [2.05, 4.69) is 45.1 Å². The van der Waals surface area contributed by atoms with E-state index in [-0.39, 0.29) is 66.0 Å². The Morgan fingerprint density at radius 1 is 0.897 bits per heavy atom. The van der Waals surface area contributed by atoms with Crippen LogP contribution in [0.2, 0.25) is 0 Å². The SMILES string of the molecule is C#Cc1cccc2cccc(-c3ncc4c(N5CC(CC)NC(CC)C5)nc(OCCN5CCN(C(=O)C6CCN(c7ccc8c(c7)CN(C7CCC(=O)NC7=O)C8=O)CC6)CC5)nc4c3F)c12. The molecule has 4 fully saturated rings. The van der Waals surface area contributed by atoms with E-state index < -0.39 is 17.8 Å². The van der Waals surface area contributed by atoms with E-state index in [1.165, 1.54) is 0 Å². The monoisotopic (exact) mass is 920 g/mol. The Bertz CT molecular complexity index is 2820. The summed E-state index contributed by atoms with van der Waals surface area (Å²) in [6, 6.07) is 17.1. The van der Waals surface area contributed by atoms with Crippen molar-refractivity contribution < 1.29 is 28.3 Å². The fourth-order valence-electron chi connectivity index (χ4n) is 10.7. The van der Waals surface area contributed by atoms with Gasteiger partial charge in [0.2, 0.25) is 17.7 Å². The number of amides is 4. The highest BCUT2D eigenvalue weighted by Crippen LogP contribution is 2.37. The number of nitrogens with zero attached hydrogens (tertiary/aromatic N) is 8. The number of nitrogens with one attached hydrogen (secondary N) is 2. The number of benzene rings is 3. The van der Waals surface area contributed by atoms with Crippen LogP contribution >= 0.6 is 0 Å². The molecule has 0 radical (unpaired) electrons. The van der Waals surface area contributed by atoms with Gasteiger partial charge in [-0.2, -0.15) is 9.97 Å². The van der Waals surface area contributed by atoms with Gasteiger partial charge in [0, 0.05) is 124 Å². The standard InChI is InChI=1S/C52H57FN10O5/c1-4-32-9-7-10-33-11-8-12-40(44(32)33)46-45(53)47-41(28-54-46)48(62-30-36(5-2)55-37(6-3)31-62)58-52(57-47)68-26-25-59-21-23-61(24-22-59)50(66)34-17-19-60(20-18-34)38-13-14-39-35(27-38)29-63(51(39)67)42-15-16-43(64)56-49(42)65/h1,7-14,27-28,34,36-37,42,55H,5-6,15-26,29-31H2,2-3H3,(H,56,64,65). The molecule has 68 heavy (non-hydrogen) atoms. The van der Waals surface area contributed by atoms with Crippen LogP contribution in [-0.4, -0.2) is 137 Å². The summed E-state index contributed by atoms with van der Waals surface area (Å²) in [6.45, 7) is 11.0. The molecule has 4 saturated heterocycles. The molecule has 0 aliphatic carbocycles. The summed E-state index contributed by atoms with van der Waals surface area (Å²) in [5, 5.41) is 8.27. The van der Waals surface area contributed by atoms with Gasteiger partial charge < -0.3 is 29.7 Å². The smallest absolute Gasteiger partial charge is 0.319 e. The quantitative estimate of drug-likeness (QED) is 0.133. The molecule has 2 aromatic heterocycles. The predicted octanol–water partition coefficient (Wildman–Crippen LogP) is 5.13. The van der Waals surface area contributed by atoms with Crippen LogP contribution in [0, 0.1) is 24.1 Å². The first-order valence-corrected chi connectivity index (χ1v) is 24.1. The lowest BCUT2D eigenvalue weighted by Crippen LogP contribution is -2.56. The zero-order chi connectivity index (χ0) is 47.1. The molecule has 0 spiro atoms. The first-order valence-electron chi connectivity index (χ1n) is 24.1. The number of halogens is 1. The maximum atomic E-state index is 17.1. The van der Waals surface area contributed by atoms with Crippen molar-refractivity contribution in [3.05, 3.63) is 83.3 Å². The molecule has 3 unspecified atom stereocenters. The van der Waals surface area contributed by atoms with Crippen molar-refractivity contribution >= 4 is 56.8 Å². The predicted molar refractivity (Wildman–Crippen MR) is 258 cm³/mol. The lowest BCUT2D eigenvalue weighted by atomic mass is 9.94. The van der Waals surface area contributed by atoms with Crippen molar-refractivity contribution in [3.63, 3.8) is 0 Å². The van der Waals surface area contributed by atoms with Gasteiger partial charge in [-0.15, -0.1) is 6.42 Å². The molecule has 5 aromatic rings. The van der Waals surface area contributed by atoms with Gasteiger partial charge in [-0.1, -0.05) is 50.1 Å². The molecule has 2 N–H and O–H groups in total. The Morgan fingerprint density at radius 3 is 2.37 bits per heavy atom. The second-order valence-corrected chi connectivity index (χ2v) is 18.7. The van der Waals surface area contributed by atoms with E-state index >= 15 is 4.39 Å². The van der Waals surface area contributed by atoms with Crippen molar-refractivity contribution in [1.29, 1.82) is 0 Å². The van der Waals surface area contributed by atoms with Crippen LogP contribution in [0.3, 0.4) is 0 Å². The Labute approximate surface area is 395 Å². The zero-order valence-electron chi connectivity index (χ0n) is 38.7. The number of anilines is 2. The summed E-state index contributed by atoms with van der Waals surface area (Å²) in [5.74, 6) is 2.02. The minimum Gasteiger partial charge on any atom is -0.462 e. The molecule has 5 aliphatic heterocycles. The molecule has 4 amide bonds. The third-order valence-corrected chi connectivity index (χ3v) is 14.6. The summed E-state index contributed by atoms with van der Waals surface area (Å²) in [6.07, 6.45) is 11.5. The van der Waals surface area contributed by atoms with Gasteiger partial charge in [0.1, 0.15) is 29.7 Å². The Hall–Kier alpha value is -6.70. The van der Waals surface area contributed by atoms with Crippen LogP contribution in [0.4, 0.5) is 15.9 Å². The molecule has 352 valence electrons. The topological polar surface area (TPSA) is 156 Å². The highest BCUT2D eigenvalue weighted by molar-refractivity contribution is 6.06. The summed E-state index contributed by atoms with van der Waals surface area (Å²) in [5.41, 5.74) is 4.02. The molecule has 3 aromatic carbocycles. The van der Waals surface area contributed by atoms with Crippen LogP contribution in [-0.2, 0) is 20.9 Å². The number of hydrogen-bond acceptors (Lipinski definition) is 12. The van der Waals surface area contributed by atoms with E-state index in [0.29, 0.717) is 86.7 Å². The molecular formula is C52H57FN10O5. The van der Waals surface area contributed by atoms with Gasteiger partial charge >= 0.3 is 6.01 Å². The first kappa shape index (κ1) is 45.1. The van der Waals surface area contributed by atoms with E-state index in [0.717, 1.165) is 60.8 Å². The lowest BCUT2D eigenvalue weighted by molar-refractivity contribution is -0.138. The normalized spacial score (nSPS) is 21.6. The zero-order valence-corrected chi connectivity index (χ0v) is 38.7. The fraction of sp³-hybridized carbons (Fsp3) is 0.442. The number of rotatable bonds is 11. The van der Waals surface area contributed by atoms with E-state index in [1.807, 2.05) is 59.5 Å². The van der Waals surface area contributed by atoms with Gasteiger partial charge in [0.15, 0.2) is 5.82 Å². The van der Waals surface area contributed by atoms with Crippen LogP contribution in [0.25, 0.3) is 32.9 Å². The molecular weight excluding hydrogens is 864 g/mol. The summed E-state index contributed by atoms with van der Waals surface area (Å²) in [4.78, 5) is 75.9. The number of piperidine rings is 2. The number of ether oxygens (including phenoxy) is 1. The maximum Gasteiger partial charge on any atom is 0.319 e. The van der Waals surface area contributed by atoms with E-state index in [1.54, 1.807) is 11.1 Å². The molecule has 16 heteroatoms. The number of pyridine rings is 1. The van der Waals surface area contributed by atoms with Gasteiger partial charge in [0.05, 0.1) is 5.39 Å². The number of carbonyl (C=O) groups is 4. The lowest BCUT2D eigenvalue weighted by Gasteiger charge is -2.39. The van der Waals surface area contributed by atoms with Crippen molar-refractivity contribution in [2.24, 2.45) is 5.92 Å². The average Bonchev–Trinajstić information content (AvgIpc) is 3.70. The van der Waals surface area contributed by atoms with Crippen LogP contribution in [0.5, 0.6) is 6.01 Å². The van der Waals surface area contributed by atoms with Gasteiger partial charge in [-0.3, -0.25) is 34.4 Å². The minimum absolute atomic E-state index is 0.0635. The third-order valence-electron chi connectivity index (χ3n) is 14.6. The molecule has 10 rings (SSSR count). The molecule has 5 aliphatic rings. The number of imide groups is 1. The number of aromatic nitrogens is 3. The number of terminal acetylenes is 1. The summed E-state index contributed by atoms with van der Waals surface area (Å²) in [7, 11) is 0. The van der Waals surface area contributed by atoms with Crippen molar-refractivity contribution in [1.82, 2.24) is 40.3 Å². The van der Waals surface area contributed by atoms with Crippen LogP contribution in [0.15, 0.2) is 60.8 Å². The largest absolute Gasteiger partial charge is 0.462 e. The molecule has 15 nitrogen and oxygen atoms in total. The van der Waals surface area contributed by atoms with E-state index in [4.69, 9.17) is 26.1 Å². The van der Waals surface area contributed by atoms with Gasteiger partial charge in [-0.05, 0) is 67.3 Å². The highest BCUT2D eigenvalue weighted by atomic mass is 19.1. The second-order valence-electron chi connectivity index (χ2n) is 18.7. The summed E-state index contributed by atoms with van der Waals surface area (Å²) >= 11 is 0. The van der Waals surface area contributed by atoms with Gasteiger partial charge in [-0.25, -0.2) is 4.39 Å². The highest BCUT2D eigenvalue weighted by Gasteiger charge is 2.40. The first-order chi connectivity index (χ1) is 33.1. The third kappa shape index (κ3) is 8.69. The minimum atomic E-state index is -0.649. The van der Waals surface area contributed by atoms with Crippen LogP contribution < -0.4 is 25.2 Å². The maximum absolute atomic E-state index is 17.1. The molecule has 0 bridgehead atoms. The number of fused-ring (bicyclic) bond motifs is 3. The second kappa shape index (κ2) is 19.1. The van der Waals surface area contributed by atoms with Crippen molar-refractivity contribution in [2.45, 2.75) is 77.0 Å². The number of carbonyl (C=O) groups excluding carboxylic acids is 4. The number of piperazine rings is 2. The Kier molecular flexibility index (Phi) is 12.7. The summed E-state index contributed by atoms with van der Waals surface area (Å²) < 4.78 is 23.4. The van der Waals surface area contributed by atoms with Crippen molar-refractivity contribution in [3.8, 4) is 29.6 Å². The molecule has 7 heterocycles. The van der Waals surface area contributed by atoms with E-state index in [9.17, 15) is 19.2 Å². The number of hydrogen-bond donors (Lipinski definition) is 2. The molecule has 0 saturated carbocycles. The fourth-order valence-corrected chi connectivity index (χ4v) is 10.7. The average molecular weight is 921 g/mol. The Morgan fingerprint density at radius 2 is 1.65 bits per heavy atom. The van der Waals surface area contributed by atoms with Gasteiger partial charge in [0.25, 0.3) is 5.91 Å². The van der Waals surface area contributed by atoms with Crippen molar-refractivity contribution in [2.75, 3.05) is 75.3 Å². The van der Waals surface area contributed by atoms with Crippen LogP contribution in [0.1, 0.15) is 73.9 Å². The molecule has 3 atom stereocenters.